The van der Waals surface area contributed by atoms with Gasteiger partial charge in [-0.05, 0) is 0 Å². The first-order valence-corrected chi connectivity index (χ1v) is 9.55. The number of rotatable bonds is 2. The van der Waals surface area contributed by atoms with E-state index in [4.69, 9.17) is 5.26 Å². The Kier molecular flexibility index (Phi) is 3.66. The summed E-state index contributed by atoms with van der Waals surface area (Å²) in [4.78, 5) is 12.8. The van der Waals surface area contributed by atoms with Crippen molar-refractivity contribution in [3.63, 3.8) is 0 Å². The zero-order valence-corrected chi connectivity index (χ0v) is 14.1. The van der Waals surface area contributed by atoms with E-state index < -0.39 is 0 Å². The molecule has 1 amide bonds. The molecule has 0 saturated carbocycles. The molecule has 0 aromatic heterocycles. The minimum absolute atomic E-state index is 0.121. The van der Waals surface area contributed by atoms with Crippen LogP contribution in [0.25, 0.3) is 0 Å². The van der Waals surface area contributed by atoms with Gasteiger partial charge in [-0.2, -0.15) is 0 Å². The third kappa shape index (κ3) is 2.45. The summed E-state index contributed by atoms with van der Waals surface area (Å²) in [7, 11) is 0. The van der Waals surface area contributed by atoms with Crippen molar-refractivity contribution in [2.75, 3.05) is 6.54 Å². The molecule has 2 heterocycles. The molecule has 2 aromatic rings. The Morgan fingerprint density at radius 2 is 1.70 bits per heavy atom. The van der Waals surface area contributed by atoms with Gasteiger partial charge in [0.15, 0.2) is 0 Å². The van der Waals surface area contributed by atoms with Crippen LogP contribution in [0.2, 0.25) is 0 Å². The van der Waals surface area contributed by atoms with Gasteiger partial charge in [-0.15, -0.1) is 0 Å². The van der Waals surface area contributed by atoms with Crippen LogP contribution >= 0.6 is 0 Å². The van der Waals surface area contributed by atoms with E-state index in [9.17, 15) is 4.79 Å². The Hall–Kier alpha value is -2.12. The van der Waals surface area contributed by atoms with E-state index in [2.05, 4.69) is 35.3 Å². The summed E-state index contributed by atoms with van der Waals surface area (Å²) >= 11 is 0.228. The summed E-state index contributed by atoms with van der Waals surface area (Å²) in [5.41, 5.74) is 3.06. The average Bonchev–Trinajstić information content (AvgIpc) is 3.17. The molecule has 0 radical (unpaired) electrons. The van der Waals surface area contributed by atoms with Crippen LogP contribution in [0, 0.1) is 11.3 Å². The standard InChI is InChI=1S/C18H15N3OSe/c19-12-13-6-8-15(9-7-13)18-21-16(22)10-11-20(21)17(23-18)14-4-2-1-3-5-14/h1-9,17-18H,10-11H2/t17-,18-/m1/s1. The molecule has 5 heteroatoms. The molecular formula is C18H15N3OSe. The fourth-order valence-electron chi connectivity index (χ4n) is 3.13. The van der Waals surface area contributed by atoms with Gasteiger partial charge in [0, 0.05) is 0 Å². The van der Waals surface area contributed by atoms with E-state index in [-0.39, 0.29) is 25.8 Å². The van der Waals surface area contributed by atoms with Gasteiger partial charge >= 0.3 is 141 Å². The van der Waals surface area contributed by atoms with E-state index >= 15 is 0 Å². The zero-order chi connectivity index (χ0) is 15.8. The van der Waals surface area contributed by atoms with Gasteiger partial charge < -0.3 is 0 Å². The molecule has 4 nitrogen and oxygen atoms in total. The number of nitriles is 1. The Morgan fingerprint density at radius 3 is 2.39 bits per heavy atom. The Labute approximate surface area is 141 Å². The molecule has 0 aliphatic carbocycles. The van der Waals surface area contributed by atoms with Crippen molar-refractivity contribution in [3.05, 3.63) is 71.3 Å². The average molecular weight is 368 g/mol. The second kappa shape index (κ2) is 5.82. The summed E-state index contributed by atoms with van der Waals surface area (Å²) in [5, 5.41) is 13.2. The number of fused-ring (bicyclic) bond motifs is 1. The van der Waals surface area contributed by atoms with Crippen LogP contribution < -0.4 is 0 Å². The number of hydrogen-bond acceptors (Lipinski definition) is 3. The van der Waals surface area contributed by atoms with Gasteiger partial charge in [0.1, 0.15) is 0 Å². The molecule has 2 saturated heterocycles. The fourth-order valence-corrected chi connectivity index (χ4v) is 6.43. The van der Waals surface area contributed by atoms with E-state index in [0.29, 0.717) is 16.9 Å². The van der Waals surface area contributed by atoms with Crippen molar-refractivity contribution in [1.29, 1.82) is 5.26 Å². The zero-order valence-electron chi connectivity index (χ0n) is 12.4. The van der Waals surface area contributed by atoms with Gasteiger partial charge in [0.2, 0.25) is 0 Å². The predicted molar refractivity (Wildman–Crippen MR) is 87.0 cm³/mol. The van der Waals surface area contributed by atoms with Gasteiger partial charge in [0.25, 0.3) is 0 Å². The number of hydrogen-bond donors (Lipinski definition) is 0. The molecule has 0 unspecified atom stereocenters. The van der Waals surface area contributed by atoms with Crippen LogP contribution in [0.3, 0.4) is 0 Å². The van der Waals surface area contributed by atoms with Crippen LogP contribution in [0.15, 0.2) is 54.6 Å². The third-order valence-corrected chi connectivity index (χ3v) is 7.40. The maximum absolute atomic E-state index is 12.4. The van der Waals surface area contributed by atoms with Crippen LogP contribution in [-0.4, -0.2) is 37.4 Å². The van der Waals surface area contributed by atoms with Crippen LogP contribution in [-0.2, 0) is 4.79 Å². The van der Waals surface area contributed by atoms with Crippen molar-refractivity contribution in [1.82, 2.24) is 10.0 Å². The van der Waals surface area contributed by atoms with Crippen LogP contribution in [0.1, 0.15) is 33.0 Å². The first-order valence-electron chi connectivity index (χ1n) is 7.57. The van der Waals surface area contributed by atoms with Crippen molar-refractivity contribution >= 4 is 20.9 Å². The summed E-state index contributed by atoms with van der Waals surface area (Å²) in [6.45, 7) is 0.799. The fraction of sp³-hybridized carbons (Fsp3) is 0.222. The summed E-state index contributed by atoms with van der Waals surface area (Å²) < 4.78 is 0. The first kappa shape index (κ1) is 14.5. The van der Waals surface area contributed by atoms with Crippen molar-refractivity contribution in [2.24, 2.45) is 0 Å². The Morgan fingerprint density at radius 1 is 1.00 bits per heavy atom. The number of carbonyl (C=O) groups is 1. The van der Waals surface area contributed by atoms with Crippen LogP contribution in [0.5, 0.6) is 0 Å². The predicted octanol–water partition coefficient (Wildman–Crippen LogP) is 2.42. The summed E-state index contributed by atoms with van der Waals surface area (Å²) in [6.07, 6.45) is 0.589. The molecule has 23 heavy (non-hydrogen) atoms. The molecule has 4 rings (SSSR count). The Balaban J connectivity index is 1.70. The number of benzene rings is 2. The molecule has 2 aliphatic rings. The molecule has 2 atom stereocenters. The van der Waals surface area contributed by atoms with Crippen molar-refractivity contribution in [3.8, 4) is 6.07 Å². The second-order valence-electron chi connectivity index (χ2n) is 5.64. The third-order valence-electron chi connectivity index (χ3n) is 4.25. The molecular weight excluding hydrogens is 353 g/mol. The second-order valence-corrected chi connectivity index (χ2v) is 8.08. The quantitative estimate of drug-likeness (QED) is 0.765. The number of hydrazine groups is 1. The van der Waals surface area contributed by atoms with Gasteiger partial charge in [0.05, 0.1) is 0 Å². The normalized spacial score (nSPS) is 23.8. The minimum atomic E-state index is 0.121. The SMILES string of the molecule is N#Cc1ccc([C@H]2[Se][C@H](c3ccccc3)N3CCC(=O)N23)cc1. The topological polar surface area (TPSA) is 47.3 Å². The number of amides is 1. The number of nitrogens with zero attached hydrogens (tertiary/aromatic N) is 3. The van der Waals surface area contributed by atoms with Crippen LogP contribution in [0.4, 0.5) is 0 Å². The van der Waals surface area contributed by atoms with Gasteiger partial charge in [-0.3, -0.25) is 0 Å². The summed E-state index contributed by atoms with van der Waals surface area (Å²) in [5.74, 6) is 0.208. The molecule has 2 fully saturated rings. The molecule has 2 aromatic carbocycles. The maximum atomic E-state index is 12.4. The Bertz CT molecular complexity index is 769. The van der Waals surface area contributed by atoms with Crippen molar-refractivity contribution in [2.45, 2.75) is 16.3 Å². The molecule has 0 bridgehead atoms. The molecule has 2 aliphatic heterocycles. The number of carbonyl (C=O) groups excluding carboxylic acids is 1. The van der Waals surface area contributed by atoms with E-state index in [0.717, 1.165) is 12.1 Å². The monoisotopic (exact) mass is 369 g/mol. The van der Waals surface area contributed by atoms with Gasteiger partial charge in [-0.25, -0.2) is 0 Å². The summed E-state index contributed by atoms with van der Waals surface area (Å²) in [6, 6.07) is 20.2. The van der Waals surface area contributed by atoms with E-state index in [1.54, 1.807) is 0 Å². The molecule has 0 spiro atoms. The van der Waals surface area contributed by atoms with E-state index in [1.807, 2.05) is 35.3 Å². The first-order chi connectivity index (χ1) is 11.3. The van der Waals surface area contributed by atoms with Crippen molar-refractivity contribution < 1.29 is 4.79 Å². The van der Waals surface area contributed by atoms with E-state index in [1.165, 1.54) is 5.56 Å². The molecule has 0 N–H and O–H groups in total. The van der Waals surface area contributed by atoms with Gasteiger partial charge in [-0.1, -0.05) is 0 Å². The molecule has 114 valence electrons.